The SMILES string of the molecule is COc1ccc(Cl)cc1S(=O)(=O)Nc1cccc(N)c1CN. The van der Waals surface area contributed by atoms with Gasteiger partial charge in [-0.15, -0.1) is 0 Å². The number of anilines is 2. The Morgan fingerprint density at radius 3 is 2.64 bits per heavy atom. The lowest BCUT2D eigenvalue weighted by molar-refractivity contribution is 0.403. The predicted octanol–water partition coefficient (Wildman–Crippen LogP) is 2.19. The molecule has 0 amide bonds. The van der Waals surface area contributed by atoms with Crippen LogP contribution in [0, 0.1) is 0 Å². The highest BCUT2D eigenvalue weighted by Gasteiger charge is 2.21. The average Bonchev–Trinajstić information content (AvgIpc) is 2.47. The minimum atomic E-state index is -3.90. The quantitative estimate of drug-likeness (QED) is 0.722. The third-order valence-electron chi connectivity index (χ3n) is 3.08. The molecule has 0 saturated heterocycles. The molecule has 0 atom stereocenters. The predicted molar refractivity (Wildman–Crippen MR) is 87.6 cm³/mol. The van der Waals surface area contributed by atoms with Gasteiger partial charge in [0, 0.05) is 22.8 Å². The summed E-state index contributed by atoms with van der Waals surface area (Å²) in [5.74, 6) is 0.190. The molecule has 0 unspecified atom stereocenters. The monoisotopic (exact) mass is 341 g/mol. The highest BCUT2D eigenvalue weighted by atomic mass is 35.5. The molecule has 2 rings (SSSR count). The zero-order valence-electron chi connectivity index (χ0n) is 11.8. The molecule has 0 fully saturated rings. The van der Waals surface area contributed by atoms with Gasteiger partial charge >= 0.3 is 0 Å². The van der Waals surface area contributed by atoms with Gasteiger partial charge in [-0.3, -0.25) is 4.72 Å². The van der Waals surface area contributed by atoms with E-state index in [0.29, 0.717) is 16.9 Å². The summed E-state index contributed by atoms with van der Waals surface area (Å²) in [6, 6.07) is 9.23. The summed E-state index contributed by atoms with van der Waals surface area (Å²) in [6.07, 6.45) is 0. The number of halogens is 1. The second-order valence-electron chi connectivity index (χ2n) is 4.48. The fraction of sp³-hybridized carbons (Fsp3) is 0.143. The Kier molecular flexibility index (Phi) is 4.80. The normalized spacial score (nSPS) is 11.2. The fourth-order valence-electron chi connectivity index (χ4n) is 1.99. The third-order valence-corrected chi connectivity index (χ3v) is 4.70. The van der Waals surface area contributed by atoms with Gasteiger partial charge in [-0.25, -0.2) is 8.42 Å². The van der Waals surface area contributed by atoms with Crippen LogP contribution < -0.4 is 20.9 Å². The van der Waals surface area contributed by atoms with Gasteiger partial charge in [0.15, 0.2) is 0 Å². The second kappa shape index (κ2) is 6.43. The van der Waals surface area contributed by atoms with Crippen molar-refractivity contribution in [3.05, 3.63) is 47.0 Å². The Morgan fingerprint density at radius 2 is 2.00 bits per heavy atom. The van der Waals surface area contributed by atoms with Gasteiger partial charge in [-0.2, -0.15) is 0 Å². The lowest BCUT2D eigenvalue weighted by Crippen LogP contribution is -2.16. The molecule has 0 saturated carbocycles. The van der Waals surface area contributed by atoms with Crippen LogP contribution in [0.15, 0.2) is 41.3 Å². The van der Waals surface area contributed by atoms with Crippen LogP contribution in [0.2, 0.25) is 5.02 Å². The molecule has 2 aromatic carbocycles. The van der Waals surface area contributed by atoms with E-state index < -0.39 is 10.0 Å². The molecule has 118 valence electrons. The number of nitrogens with two attached hydrogens (primary N) is 2. The summed E-state index contributed by atoms with van der Waals surface area (Å²) in [4.78, 5) is -0.0621. The zero-order valence-corrected chi connectivity index (χ0v) is 13.4. The third kappa shape index (κ3) is 3.27. The van der Waals surface area contributed by atoms with Crippen LogP contribution in [-0.2, 0) is 16.6 Å². The van der Waals surface area contributed by atoms with Crippen molar-refractivity contribution in [2.24, 2.45) is 5.73 Å². The maximum Gasteiger partial charge on any atom is 0.265 e. The van der Waals surface area contributed by atoms with E-state index in [1.54, 1.807) is 24.3 Å². The molecule has 2 aromatic rings. The maximum absolute atomic E-state index is 12.6. The molecule has 5 N–H and O–H groups in total. The Morgan fingerprint density at radius 1 is 1.27 bits per heavy atom. The van der Waals surface area contributed by atoms with Crippen LogP contribution >= 0.6 is 11.6 Å². The van der Waals surface area contributed by atoms with Crippen LogP contribution in [0.1, 0.15) is 5.56 Å². The molecule has 0 aromatic heterocycles. The molecular weight excluding hydrogens is 326 g/mol. The molecule has 22 heavy (non-hydrogen) atoms. The first kappa shape index (κ1) is 16.4. The van der Waals surface area contributed by atoms with Crippen molar-refractivity contribution in [3.8, 4) is 5.75 Å². The van der Waals surface area contributed by atoms with Crippen molar-refractivity contribution in [3.63, 3.8) is 0 Å². The lowest BCUT2D eigenvalue weighted by atomic mass is 10.1. The standard InChI is InChI=1S/C14H16ClN3O3S/c1-21-13-6-5-9(15)7-14(13)22(19,20)18-12-4-2-3-11(17)10(12)8-16/h2-7,18H,8,16-17H2,1H3. The number of methoxy groups -OCH3 is 1. The zero-order chi connectivity index (χ0) is 16.3. The van der Waals surface area contributed by atoms with Crippen molar-refractivity contribution in [2.45, 2.75) is 11.4 Å². The number of nitrogens with one attached hydrogen (secondary N) is 1. The smallest absolute Gasteiger partial charge is 0.265 e. The number of nitrogen functional groups attached to an aromatic ring is 1. The van der Waals surface area contributed by atoms with Crippen LogP contribution in [0.4, 0.5) is 11.4 Å². The number of sulfonamides is 1. The van der Waals surface area contributed by atoms with Crippen LogP contribution in [0.3, 0.4) is 0 Å². The van der Waals surface area contributed by atoms with Gasteiger partial charge in [-0.05, 0) is 30.3 Å². The second-order valence-corrected chi connectivity index (χ2v) is 6.57. The fourth-order valence-corrected chi connectivity index (χ4v) is 3.51. The van der Waals surface area contributed by atoms with Crippen molar-refractivity contribution < 1.29 is 13.2 Å². The molecular formula is C14H16ClN3O3S. The first-order chi connectivity index (χ1) is 10.4. The van der Waals surface area contributed by atoms with Crippen molar-refractivity contribution in [1.29, 1.82) is 0 Å². The molecule has 0 aliphatic carbocycles. The summed E-state index contributed by atoms with van der Waals surface area (Å²) in [6.45, 7) is 0.108. The molecule has 0 aliphatic heterocycles. The van der Waals surface area contributed by atoms with Crippen molar-refractivity contribution in [1.82, 2.24) is 0 Å². The number of rotatable bonds is 5. The molecule has 0 aliphatic rings. The minimum absolute atomic E-state index is 0.0621. The Hall–Kier alpha value is -1.96. The van der Waals surface area contributed by atoms with E-state index in [2.05, 4.69) is 4.72 Å². The first-order valence-corrected chi connectivity index (χ1v) is 8.19. The Bertz CT molecular complexity index is 794. The van der Waals surface area contributed by atoms with E-state index in [-0.39, 0.29) is 22.2 Å². The van der Waals surface area contributed by atoms with Gasteiger partial charge in [0.2, 0.25) is 0 Å². The number of ether oxygens (including phenoxy) is 1. The topological polar surface area (TPSA) is 107 Å². The molecule has 8 heteroatoms. The van der Waals surface area contributed by atoms with Gasteiger partial charge < -0.3 is 16.2 Å². The summed E-state index contributed by atoms with van der Waals surface area (Å²) in [5, 5.41) is 0.285. The average molecular weight is 342 g/mol. The van der Waals surface area contributed by atoms with Crippen LogP contribution in [0.5, 0.6) is 5.75 Å². The van der Waals surface area contributed by atoms with Gasteiger partial charge in [0.25, 0.3) is 10.0 Å². The largest absolute Gasteiger partial charge is 0.495 e. The van der Waals surface area contributed by atoms with E-state index in [9.17, 15) is 8.42 Å². The van der Waals surface area contributed by atoms with Crippen molar-refractivity contribution in [2.75, 3.05) is 17.6 Å². The number of hydrogen-bond donors (Lipinski definition) is 3. The number of benzene rings is 2. The molecule has 0 heterocycles. The van der Waals surface area contributed by atoms with E-state index in [0.717, 1.165) is 0 Å². The van der Waals surface area contributed by atoms with E-state index >= 15 is 0 Å². The molecule has 0 bridgehead atoms. The molecule has 0 radical (unpaired) electrons. The van der Waals surface area contributed by atoms with Crippen LogP contribution in [0.25, 0.3) is 0 Å². The first-order valence-electron chi connectivity index (χ1n) is 6.33. The van der Waals surface area contributed by atoms with Gasteiger partial charge in [-0.1, -0.05) is 17.7 Å². The summed E-state index contributed by atoms with van der Waals surface area (Å²) < 4.78 is 32.7. The Labute approximate surface area is 134 Å². The van der Waals surface area contributed by atoms with E-state index in [1.807, 2.05) is 0 Å². The van der Waals surface area contributed by atoms with Crippen molar-refractivity contribution >= 4 is 33.0 Å². The summed E-state index contributed by atoms with van der Waals surface area (Å²) >= 11 is 5.88. The van der Waals surface area contributed by atoms with Crippen LogP contribution in [-0.4, -0.2) is 15.5 Å². The van der Waals surface area contributed by atoms with E-state index in [1.165, 1.54) is 19.2 Å². The Balaban J connectivity index is 2.49. The number of hydrogen-bond acceptors (Lipinski definition) is 5. The summed E-state index contributed by atoms with van der Waals surface area (Å²) in [7, 11) is -2.52. The van der Waals surface area contributed by atoms with E-state index in [4.69, 9.17) is 27.8 Å². The van der Waals surface area contributed by atoms with Gasteiger partial charge in [0.1, 0.15) is 10.6 Å². The maximum atomic E-state index is 12.6. The highest BCUT2D eigenvalue weighted by Crippen LogP contribution is 2.30. The van der Waals surface area contributed by atoms with Gasteiger partial charge in [0.05, 0.1) is 12.8 Å². The lowest BCUT2D eigenvalue weighted by Gasteiger charge is -2.15. The molecule has 6 nitrogen and oxygen atoms in total. The molecule has 0 spiro atoms. The minimum Gasteiger partial charge on any atom is -0.495 e. The highest BCUT2D eigenvalue weighted by molar-refractivity contribution is 7.92. The summed E-state index contributed by atoms with van der Waals surface area (Å²) in [5.41, 5.74) is 12.7.